The van der Waals surface area contributed by atoms with Crippen molar-refractivity contribution in [3.8, 4) is 0 Å². The second-order valence-electron chi connectivity index (χ2n) is 4.57. The molecule has 19 heavy (non-hydrogen) atoms. The molecule has 0 saturated carbocycles. The number of aromatic nitrogens is 2. The Kier molecular flexibility index (Phi) is 7.14. The van der Waals surface area contributed by atoms with E-state index in [1.807, 2.05) is 27.9 Å². The van der Waals surface area contributed by atoms with Crippen LogP contribution in [0.1, 0.15) is 12.5 Å². The lowest BCUT2D eigenvalue weighted by Gasteiger charge is -2.13. The highest BCUT2D eigenvalue weighted by molar-refractivity contribution is 5.56. The lowest BCUT2D eigenvalue weighted by atomic mass is 10.3. The van der Waals surface area contributed by atoms with Gasteiger partial charge in [0.15, 0.2) is 0 Å². The van der Waals surface area contributed by atoms with E-state index in [1.165, 1.54) is 0 Å². The fraction of sp³-hybridized carbons (Fsp3) is 0.692. The molecule has 1 heterocycles. The van der Waals surface area contributed by atoms with Crippen LogP contribution in [0.5, 0.6) is 0 Å². The second-order valence-corrected chi connectivity index (χ2v) is 4.57. The molecule has 0 unspecified atom stereocenters. The minimum Gasteiger partial charge on any atom is -0.378 e. The molecule has 0 fully saturated rings. The molecule has 1 aromatic heterocycles. The van der Waals surface area contributed by atoms with Crippen LogP contribution in [0, 0.1) is 6.92 Å². The summed E-state index contributed by atoms with van der Waals surface area (Å²) in [5.41, 5.74) is 1.04. The molecule has 0 amide bonds. The highest BCUT2D eigenvalue weighted by Gasteiger charge is 2.05. The SMILES string of the molecule is CCNc1ncnc(NCCOCCN(C)C)c1C. The molecule has 0 aliphatic heterocycles. The molecule has 6 heteroatoms. The smallest absolute Gasteiger partial charge is 0.134 e. The highest BCUT2D eigenvalue weighted by atomic mass is 16.5. The summed E-state index contributed by atoms with van der Waals surface area (Å²) in [5, 5.41) is 6.48. The monoisotopic (exact) mass is 267 g/mol. The van der Waals surface area contributed by atoms with Crippen LogP contribution in [0.3, 0.4) is 0 Å². The molecule has 0 bridgehead atoms. The Morgan fingerprint density at radius 1 is 1.16 bits per heavy atom. The van der Waals surface area contributed by atoms with Crippen molar-refractivity contribution in [3.05, 3.63) is 11.9 Å². The van der Waals surface area contributed by atoms with E-state index in [0.717, 1.165) is 43.4 Å². The van der Waals surface area contributed by atoms with Crippen LogP contribution < -0.4 is 10.6 Å². The van der Waals surface area contributed by atoms with Gasteiger partial charge in [-0.05, 0) is 27.9 Å². The molecule has 0 aromatic carbocycles. The van der Waals surface area contributed by atoms with Gasteiger partial charge in [-0.1, -0.05) is 0 Å². The molecule has 0 saturated heterocycles. The lowest BCUT2D eigenvalue weighted by molar-refractivity contribution is 0.126. The predicted octanol–water partition coefficient (Wildman–Crippen LogP) is 1.21. The second kappa shape index (κ2) is 8.66. The molecule has 1 rings (SSSR count). The van der Waals surface area contributed by atoms with Gasteiger partial charge >= 0.3 is 0 Å². The van der Waals surface area contributed by atoms with E-state index in [4.69, 9.17) is 4.74 Å². The number of hydrogen-bond acceptors (Lipinski definition) is 6. The average Bonchev–Trinajstić information content (AvgIpc) is 2.37. The highest BCUT2D eigenvalue weighted by Crippen LogP contribution is 2.17. The summed E-state index contributed by atoms with van der Waals surface area (Å²) >= 11 is 0. The number of rotatable bonds is 9. The molecular formula is C13H25N5O. The summed E-state index contributed by atoms with van der Waals surface area (Å²) < 4.78 is 5.52. The average molecular weight is 267 g/mol. The maximum atomic E-state index is 5.52. The Hall–Kier alpha value is -1.40. The van der Waals surface area contributed by atoms with Gasteiger partial charge in [0.2, 0.25) is 0 Å². The van der Waals surface area contributed by atoms with Crippen molar-refractivity contribution >= 4 is 11.6 Å². The number of anilines is 2. The van der Waals surface area contributed by atoms with Gasteiger partial charge in [0, 0.05) is 25.2 Å². The van der Waals surface area contributed by atoms with E-state index in [2.05, 4.69) is 25.5 Å². The fourth-order valence-corrected chi connectivity index (χ4v) is 1.56. The molecule has 108 valence electrons. The van der Waals surface area contributed by atoms with Gasteiger partial charge < -0.3 is 20.3 Å². The third-order valence-corrected chi connectivity index (χ3v) is 2.65. The molecule has 1 aromatic rings. The number of likely N-dealkylation sites (N-methyl/N-ethyl adjacent to an activating group) is 1. The Bertz CT molecular complexity index is 370. The molecule has 0 aliphatic rings. The van der Waals surface area contributed by atoms with E-state index in [9.17, 15) is 0 Å². The molecule has 6 nitrogen and oxygen atoms in total. The number of nitrogens with zero attached hydrogens (tertiary/aromatic N) is 3. The standard InChI is InChI=1S/C13H25N5O/c1-5-14-12-11(2)13(17-10-16-12)15-6-8-19-9-7-18(3)4/h10H,5-9H2,1-4H3,(H2,14,15,16,17). The topological polar surface area (TPSA) is 62.3 Å². The first kappa shape index (κ1) is 15.7. The van der Waals surface area contributed by atoms with Gasteiger partial charge in [-0.2, -0.15) is 0 Å². The summed E-state index contributed by atoms with van der Waals surface area (Å²) in [5.74, 6) is 1.75. The van der Waals surface area contributed by atoms with Crippen molar-refractivity contribution < 1.29 is 4.74 Å². The quantitative estimate of drug-likeness (QED) is 0.656. The van der Waals surface area contributed by atoms with Crippen molar-refractivity contribution in [3.63, 3.8) is 0 Å². The lowest BCUT2D eigenvalue weighted by Crippen LogP contribution is -2.20. The number of nitrogens with one attached hydrogen (secondary N) is 2. The third-order valence-electron chi connectivity index (χ3n) is 2.65. The zero-order chi connectivity index (χ0) is 14.1. The number of ether oxygens (including phenoxy) is 1. The van der Waals surface area contributed by atoms with Crippen LogP contribution in [0.2, 0.25) is 0 Å². The van der Waals surface area contributed by atoms with E-state index in [-0.39, 0.29) is 0 Å². The van der Waals surface area contributed by atoms with Gasteiger partial charge in [0.1, 0.15) is 18.0 Å². The van der Waals surface area contributed by atoms with Crippen LogP contribution in [-0.2, 0) is 4.74 Å². The Balaban J connectivity index is 2.31. The van der Waals surface area contributed by atoms with E-state index >= 15 is 0 Å². The maximum Gasteiger partial charge on any atom is 0.134 e. The van der Waals surface area contributed by atoms with Crippen molar-refractivity contribution in [2.24, 2.45) is 0 Å². The maximum absolute atomic E-state index is 5.52. The van der Waals surface area contributed by atoms with Crippen molar-refractivity contribution in [1.29, 1.82) is 0 Å². The van der Waals surface area contributed by atoms with Crippen LogP contribution in [0.25, 0.3) is 0 Å². The molecule has 0 atom stereocenters. The Labute approximate surface area is 115 Å². The van der Waals surface area contributed by atoms with Crippen LogP contribution in [-0.4, -0.2) is 61.8 Å². The van der Waals surface area contributed by atoms with Gasteiger partial charge in [0.25, 0.3) is 0 Å². The summed E-state index contributed by atoms with van der Waals surface area (Å²) in [6.07, 6.45) is 1.57. The largest absolute Gasteiger partial charge is 0.378 e. The minimum absolute atomic E-state index is 0.674. The van der Waals surface area contributed by atoms with Crippen molar-refractivity contribution in [2.75, 3.05) is 57.6 Å². The van der Waals surface area contributed by atoms with E-state index in [0.29, 0.717) is 6.61 Å². The first-order valence-corrected chi connectivity index (χ1v) is 6.67. The first-order chi connectivity index (χ1) is 9.15. The zero-order valence-electron chi connectivity index (χ0n) is 12.4. The van der Waals surface area contributed by atoms with E-state index < -0.39 is 0 Å². The predicted molar refractivity (Wildman–Crippen MR) is 78.8 cm³/mol. The molecule has 2 N–H and O–H groups in total. The van der Waals surface area contributed by atoms with Crippen LogP contribution in [0.4, 0.5) is 11.6 Å². The first-order valence-electron chi connectivity index (χ1n) is 6.67. The van der Waals surface area contributed by atoms with E-state index in [1.54, 1.807) is 6.33 Å². The summed E-state index contributed by atoms with van der Waals surface area (Å²) in [6, 6.07) is 0. The van der Waals surface area contributed by atoms with Crippen LogP contribution >= 0.6 is 0 Å². The van der Waals surface area contributed by atoms with Gasteiger partial charge in [-0.3, -0.25) is 0 Å². The molecule has 0 aliphatic carbocycles. The summed E-state index contributed by atoms with van der Waals surface area (Å²) in [7, 11) is 4.07. The minimum atomic E-state index is 0.674. The summed E-state index contributed by atoms with van der Waals surface area (Å²) in [6.45, 7) is 8.02. The third kappa shape index (κ3) is 5.85. The molecule has 0 spiro atoms. The van der Waals surface area contributed by atoms with Crippen molar-refractivity contribution in [2.45, 2.75) is 13.8 Å². The van der Waals surface area contributed by atoms with Crippen molar-refractivity contribution in [1.82, 2.24) is 14.9 Å². The fourth-order valence-electron chi connectivity index (χ4n) is 1.56. The molecular weight excluding hydrogens is 242 g/mol. The normalized spacial score (nSPS) is 10.8. The molecule has 0 radical (unpaired) electrons. The Morgan fingerprint density at radius 3 is 2.47 bits per heavy atom. The van der Waals surface area contributed by atoms with Gasteiger partial charge in [0.05, 0.1) is 13.2 Å². The van der Waals surface area contributed by atoms with Gasteiger partial charge in [-0.25, -0.2) is 9.97 Å². The number of hydrogen-bond donors (Lipinski definition) is 2. The van der Waals surface area contributed by atoms with Gasteiger partial charge in [-0.15, -0.1) is 0 Å². The Morgan fingerprint density at radius 2 is 1.84 bits per heavy atom. The van der Waals surface area contributed by atoms with Crippen LogP contribution in [0.15, 0.2) is 6.33 Å². The summed E-state index contributed by atoms with van der Waals surface area (Å²) in [4.78, 5) is 10.5. The zero-order valence-corrected chi connectivity index (χ0v) is 12.4.